The number of hydrogen-bond acceptors (Lipinski definition) is 19. The van der Waals surface area contributed by atoms with Crippen LogP contribution in [-0.4, -0.2) is 143 Å². The summed E-state index contributed by atoms with van der Waals surface area (Å²) in [5.74, 6) is -8.01. The maximum atomic E-state index is 13.3. The Kier molecular flexibility index (Phi) is 24.5. The third kappa shape index (κ3) is 19.3. The number of ether oxygens (including phenoxy) is 5. The van der Waals surface area contributed by atoms with Gasteiger partial charge >= 0.3 is 35.8 Å². The molecule has 0 saturated carbocycles. The van der Waals surface area contributed by atoms with Gasteiger partial charge in [0.1, 0.15) is 0 Å². The number of nitrogens with one attached hydrogen (secondary N) is 2. The summed E-state index contributed by atoms with van der Waals surface area (Å²) in [5.41, 5.74) is 1.75. The summed E-state index contributed by atoms with van der Waals surface area (Å²) < 4.78 is 23.5. The molecule has 0 aliphatic carbocycles. The van der Waals surface area contributed by atoms with Gasteiger partial charge in [-0.15, -0.1) is 22.7 Å². The van der Waals surface area contributed by atoms with E-state index in [2.05, 4.69) is 24.8 Å². The lowest BCUT2D eigenvalue weighted by Crippen LogP contribution is -2.54. The molecule has 1 saturated heterocycles. The molecular weight excluding hydrogens is 993 g/mol. The van der Waals surface area contributed by atoms with Crippen molar-refractivity contribution in [1.82, 2.24) is 20.4 Å². The molecule has 4 amide bonds. The van der Waals surface area contributed by atoms with Gasteiger partial charge in [-0.2, -0.15) is 0 Å². The molecule has 5 rings (SSSR count). The maximum absolute atomic E-state index is 13.3. The monoisotopic (exact) mass is 1050 g/mol. The second kappa shape index (κ2) is 29.9. The molecule has 1 aliphatic heterocycles. The van der Waals surface area contributed by atoms with E-state index < -0.39 is 96.1 Å². The zero-order valence-corrected chi connectivity index (χ0v) is 43.0. The number of rotatable bonds is 20. The van der Waals surface area contributed by atoms with Crippen LogP contribution in [0.1, 0.15) is 74.5 Å². The fourth-order valence-electron chi connectivity index (χ4n) is 6.60. The molecule has 73 heavy (non-hydrogen) atoms. The van der Waals surface area contributed by atoms with Gasteiger partial charge in [0.15, 0.2) is 12.2 Å². The molecule has 2 aromatic carbocycles. The molecule has 0 radical (unpaired) electrons. The summed E-state index contributed by atoms with van der Waals surface area (Å²) in [6, 6.07) is 25.6. The lowest BCUT2D eigenvalue weighted by atomic mass is 10.1. The zero-order valence-electron chi connectivity index (χ0n) is 41.4. The first-order valence-corrected chi connectivity index (χ1v) is 24.3. The molecule has 1 aliphatic rings. The van der Waals surface area contributed by atoms with Crippen LogP contribution in [-0.2, 0) is 84.5 Å². The minimum Gasteiger partial charge on any atom is -0.448 e. The molecule has 21 nitrogen and oxygen atoms in total. The number of nitrogens with zero attached hydrogens (tertiary/aromatic N) is 2. The zero-order chi connectivity index (χ0) is 54.4. The van der Waals surface area contributed by atoms with Crippen molar-refractivity contribution in [2.45, 2.75) is 103 Å². The van der Waals surface area contributed by atoms with Crippen molar-refractivity contribution in [1.29, 1.82) is 0 Å². The molecule has 23 heteroatoms. The van der Waals surface area contributed by atoms with Crippen molar-refractivity contribution in [3.63, 3.8) is 0 Å². The second-order valence-electron chi connectivity index (χ2n) is 16.1. The Morgan fingerprint density at radius 3 is 1.34 bits per heavy atom. The predicted molar refractivity (Wildman–Crippen MR) is 263 cm³/mol. The van der Waals surface area contributed by atoms with E-state index in [1.807, 2.05) is 103 Å². The van der Waals surface area contributed by atoms with Gasteiger partial charge in [-0.25, -0.2) is 9.59 Å². The number of benzene rings is 2. The Morgan fingerprint density at radius 2 is 0.959 bits per heavy atom. The van der Waals surface area contributed by atoms with E-state index in [0.717, 1.165) is 48.6 Å². The van der Waals surface area contributed by atoms with E-state index in [0.29, 0.717) is 19.4 Å². The first-order chi connectivity index (χ1) is 34.5. The SMILES string of the molecule is CC(=O)O[C@@H](C(=O)NCCc1cccs1)[C@@H](OC(C)=O)C(=O)N(C)[C@H](C)c1ccccc1.CC(=O)O[C@H]1C(=O)OC(=O)[C@@H]1OC(C)=O.C[C@H](c1ccccc1)N(C)C(=O)[C@H](O)[C@@H](O)C(=O)NCCc1cccs1. The molecule has 0 unspecified atom stereocenters. The minimum absolute atomic E-state index is 0.272. The molecule has 0 bridgehead atoms. The molecule has 4 N–H and O–H groups in total. The minimum atomic E-state index is -1.81. The Hall–Kier alpha value is -7.34. The standard InChI is InChI=1S/C23H28N2O6S.C19H24N2O4S.C8H8O7/c1-15(18-9-6-5-7-10-18)25(4)23(29)21(31-17(3)27)20(30-16(2)26)22(28)24-13-12-19-11-8-14-32-19;1-13(14-7-4-3-5-8-14)21(2)19(25)17(23)16(22)18(24)20-11-10-15-9-6-12-26-15;1-3(9)13-5-6(14-4(2)10)8(12)15-7(5)11/h5-11,14-15,20-21H,12-13H2,1-4H3,(H,24,28);3-9,12-13,16-17,22-23H,10-11H2,1-2H3,(H,20,24);5-6H,1-2H3/t15-,20-,21-;13-,16-,17-;5-,6-/m111/s1. The van der Waals surface area contributed by atoms with Crippen molar-refractivity contribution in [2.75, 3.05) is 27.2 Å². The summed E-state index contributed by atoms with van der Waals surface area (Å²) >= 11 is 3.13. The first-order valence-electron chi connectivity index (χ1n) is 22.6. The largest absolute Gasteiger partial charge is 0.448 e. The average Bonchev–Trinajstić information content (AvgIpc) is 4.14. The van der Waals surface area contributed by atoms with E-state index >= 15 is 0 Å². The lowest BCUT2D eigenvalue weighted by Gasteiger charge is -2.31. The highest BCUT2D eigenvalue weighted by Crippen LogP contribution is 2.23. The highest BCUT2D eigenvalue weighted by molar-refractivity contribution is 7.10. The van der Waals surface area contributed by atoms with Crippen LogP contribution >= 0.6 is 22.7 Å². The molecule has 0 spiro atoms. The first kappa shape index (κ1) is 60.0. The maximum Gasteiger partial charge on any atom is 0.359 e. The number of aliphatic hydroxyl groups excluding tert-OH is 2. The second-order valence-corrected chi connectivity index (χ2v) is 18.1. The third-order valence-corrected chi connectivity index (χ3v) is 12.5. The molecule has 1 fully saturated rings. The lowest BCUT2D eigenvalue weighted by molar-refractivity contribution is -0.178. The van der Waals surface area contributed by atoms with Crippen molar-refractivity contribution < 1.29 is 81.8 Å². The number of amides is 4. The van der Waals surface area contributed by atoms with Crippen molar-refractivity contribution in [2.24, 2.45) is 0 Å². The van der Waals surface area contributed by atoms with E-state index in [1.165, 1.54) is 23.9 Å². The van der Waals surface area contributed by atoms with Crippen LogP contribution in [0.15, 0.2) is 95.7 Å². The summed E-state index contributed by atoms with van der Waals surface area (Å²) in [6.45, 7) is 8.58. The van der Waals surface area contributed by atoms with Gasteiger partial charge in [0.25, 0.3) is 23.6 Å². The van der Waals surface area contributed by atoms with Crippen LogP contribution in [0.3, 0.4) is 0 Å². The number of carbonyl (C=O) groups is 10. The van der Waals surface area contributed by atoms with Gasteiger partial charge < -0.3 is 54.3 Å². The van der Waals surface area contributed by atoms with E-state index in [9.17, 15) is 58.2 Å². The number of likely N-dealkylation sites (N-methyl/N-ethyl adjacent to an activating group) is 2. The average molecular weight is 1050 g/mol. The highest BCUT2D eigenvalue weighted by atomic mass is 32.1. The number of aliphatic hydroxyl groups is 2. The van der Waals surface area contributed by atoms with Crippen LogP contribution in [0.4, 0.5) is 0 Å². The Balaban J connectivity index is 0.000000307. The van der Waals surface area contributed by atoms with Gasteiger partial charge in [-0.1, -0.05) is 72.8 Å². The number of cyclic esters (lactones) is 2. The van der Waals surface area contributed by atoms with Gasteiger partial charge in [0.05, 0.1) is 12.1 Å². The van der Waals surface area contributed by atoms with E-state index in [4.69, 9.17) is 9.47 Å². The van der Waals surface area contributed by atoms with Crippen LogP contribution < -0.4 is 10.6 Å². The topological polar surface area (TPSA) is 288 Å². The molecule has 8 atom stereocenters. The fourth-order valence-corrected chi connectivity index (χ4v) is 8.02. The summed E-state index contributed by atoms with van der Waals surface area (Å²) in [7, 11) is 3.07. The number of esters is 6. The normalized spacial score (nSPS) is 16.0. The number of hydrogen-bond donors (Lipinski definition) is 4. The fraction of sp³-hybridized carbons (Fsp3) is 0.400. The van der Waals surface area contributed by atoms with Crippen LogP contribution in [0.25, 0.3) is 0 Å². The van der Waals surface area contributed by atoms with E-state index in [1.54, 1.807) is 29.6 Å². The molecule has 394 valence electrons. The predicted octanol–water partition coefficient (Wildman–Crippen LogP) is 2.77. The number of carbonyl (C=O) groups excluding carboxylic acids is 10. The Labute approximate surface area is 429 Å². The third-order valence-electron chi connectivity index (χ3n) is 10.6. The van der Waals surface area contributed by atoms with Crippen molar-refractivity contribution >= 4 is 82.1 Å². The van der Waals surface area contributed by atoms with Gasteiger partial charge in [-0.3, -0.25) is 38.4 Å². The van der Waals surface area contributed by atoms with Crippen molar-refractivity contribution in [3.05, 3.63) is 117 Å². The molecule has 4 aromatic rings. The van der Waals surface area contributed by atoms with Gasteiger partial charge in [-0.05, 0) is 60.7 Å². The van der Waals surface area contributed by atoms with Crippen LogP contribution in [0.2, 0.25) is 0 Å². The summed E-state index contributed by atoms with van der Waals surface area (Å²) in [4.78, 5) is 122. The Bertz CT molecular complexity index is 2440. The van der Waals surface area contributed by atoms with Gasteiger partial charge in [0.2, 0.25) is 24.4 Å². The Morgan fingerprint density at radius 1 is 0.562 bits per heavy atom. The van der Waals surface area contributed by atoms with Gasteiger partial charge in [0, 0.05) is 64.6 Å². The van der Waals surface area contributed by atoms with Crippen LogP contribution in [0.5, 0.6) is 0 Å². The number of thiophene rings is 2. The molecule has 3 heterocycles. The highest BCUT2D eigenvalue weighted by Gasteiger charge is 2.49. The smallest absolute Gasteiger partial charge is 0.359 e. The quantitative estimate of drug-likeness (QED) is 0.0562. The molecular formula is C50H60N4O17S2. The van der Waals surface area contributed by atoms with E-state index in [-0.39, 0.29) is 18.6 Å². The summed E-state index contributed by atoms with van der Waals surface area (Å²) in [5, 5.41) is 29.2. The summed E-state index contributed by atoms with van der Waals surface area (Å²) in [6.07, 6.45) is -8.65. The molecule has 2 aromatic heterocycles. The van der Waals surface area contributed by atoms with Crippen molar-refractivity contribution in [3.8, 4) is 0 Å². The van der Waals surface area contributed by atoms with Crippen LogP contribution in [0, 0.1) is 0 Å².